The highest BCUT2D eigenvalue weighted by Gasteiger charge is 2.31. The molecule has 0 aliphatic rings. The lowest BCUT2D eigenvalue weighted by molar-refractivity contribution is -0.274. The van der Waals surface area contributed by atoms with Crippen LogP contribution in [0.5, 0.6) is 5.75 Å². The summed E-state index contributed by atoms with van der Waals surface area (Å²) in [5.41, 5.74) is 7.20. The molecule has 4 rings (SSSR count). The van der Waals surface area contributed by atoms with Crippen LogP contribution in [-0.2, 0) is 16.6 Å². The molecule has 35 heavy (non-hydrogen) atoms. The van der Waals surface area contributed by atoms with Gasteiger partial charge in [-0.3, -0.25) is 4.79 Å². The van der Waals surface area contributed by atoms with E-state index < -0.39 is 18.2 Å². The highest BCUT2D eigenvalue weighted by atomic mass is 32.1. The van der Waals surface area contributed by atoms with E-state index in [4.69, 9.17) is 10.5 Å². The Morgan fingerprint density at radius 2 is 1.94 bits per heavy atom. The summed E-state index contributed by atoms with van der Waals surface area (Å²) in [5.74, 6) is -1.12. The number of nitrogens with zero attached hydrogens (tertiary/aromatic N) is 3. The number of thiazole rings is 1. The van der Waals surface area contributed by atoms with Crippen LogP contribution in [0.2, 0.25) is 0 Å². The lowest BCUT2D eigenvalue weighted by Gasteiger charge is -2.10. The van der Waals surface area contributed by atoms with Crippen molar-refractivity contribution in [3.63, 3.8) is 0 Å². The number of carbonyl (C=O) groups excluding carboxylic acids is 2. The largest absolute Gasteiger partial charge is 0.573 e. The molecule has 0 saturated heterocycles. The molecular formula is C22H20F3N5O4S. The van der Waals surface area contributed by atoms with Crippen molar-refractivity contribution in [3.05, 3.63) is 42.0 Å². The fourth-order valence-corrected chi connectivity index (χ4v) is 4.28. The van der Waals surface area contributed by atoms with Gasteiger partial charge in [0.2, 0.25) is 11.9 Å². The Labute approximate surface area is 200 Å². The number of primary amides is 1. The number of alkyl halides is 3. The summed E-state index contributed by atoms with van der Waals surface area (Å²) in [4.78, 5) is 32.2. The SMILES string of the molecule is C[C@@H](COC(=O)c1ccc2c(c1)nc(Nc1nc3ccc(OC(F)(F)F)cc3s1)n2C)CC(N)=O. The molecule has 184 valence electrons. The molecule has 2 heterocycles. The maximum absolute atomic E-state index is 12.5. The lowest BCUT2D eigenvalue weighted by Crippen LogP contribution is -2.19. The van der Waals surface area contributed by atoms with E-state index in [1.165, 1.54) is 18.2 Å². The zero-order chi connectivity index (χ0) is 25.3. The van der Waals surface area contributed by atoms with Gasteiger partial charge in [-0.15, -0.1) is 13.2 Å². The molecule has 1 amide bonds. The molecule has 9 nitrogen and oxygen atoms in total. The molecule has 0 saturated carbocycles. The summed E-state index contributed by atoms with van der Waals surface area (Å²) < 4.78 is 48.9. The highest BCUT2D eigenvalue weighted by molar-refractivity contribution is 7.22. The number of hydrogen-bond donors (Lipinski definition) is 2. The van der Waals surface area contributed by atoms with Crippen molar-refractivity contribution in [1.29, 1.82) is 0 Å². The second-order valence-electron chi connectivity index (χ2n) is 7.89. The standard InChI is InChI=1S/C22H20F3N5O4S/c1-11(7-18(26)31)10-33-19(32)12-3-6-16-15(8-12)27-20(30(16)2)29-21-28-14-5-4-13(9-17(14)35-21)34-22(23,24)25/h3-6,8-9,11H,7,10H2,1-2H3,(H2,26,31)(H,27,28,29)/t11-/m1/s1. The van der Waals surface area contributed by atoms with Crippen molar-refractivity contribution in [3.8, 4) is 5.75 Å². The lowest BCUT2D eigenvalue weighted by atomic mass is 10.1. The molecule has 0 bridgehead atoms. The van der Waals surface area contributed by atoms with E-state index in [0.717, 1.165) is 16.9 Å². The number of benzene rings is 2. The van der Waals surface area contributed by atoms with E-state index in [0.29, 0.717) is 32.4 Å². The van der Waals surface area contributed by atoms with Gasteiger partial charge in [0.25, 0.3) is 0 Å². The minimum Gasteiger partial charge on any atom is -0.462 e. The molecular weight excluding hydrogens is 487 g/mol. The van der Waals surface area contributed by atoms with Crippen LogP contribution in [0.3, 0.4) is 0 Å². The monoisotopic (exact) mass is 507 g/mol. The van der Waals surface area contributed by atoms with Crippen LogP contribution in [0.4, 0.5) is 24.3 Å². The number of fused-ring (bicyclic) bond motifs is 2. The van der Waals surface area contributed by atoms with E-state index in [9.17, 15) is 22.8 Å². The van der Waals surface area contributed by atoms with Crippen molar-refractivity contribution in [1.82, 2.24) is 14.5 Å². The van der Waals surface area contributed by atoms with Crippen LogP contribution in [0, 0.1) is 5.92 Å². The molecule has 0 aliphatic carbocycles. The number of hydrogen-bond acceptors (Lipinski definition) is 8. The minimum atomic E-state index is -4.78. The molecule has 0 fully saturated rings. The second kappa shape index (κ2) is 9.41. The first-order valence-electron chi connectivity index (χ1n) is 10.3. The normalized spacial score (nSPS) is 12.6. The van der Waals surface area contributed by atoms with Gasteiger partial charge in [-0.05, 0) is 36.2 Å². The van der Waals surface area contributed by atoms with Crippen LogP contribution in [0.25, 0.3) is 21.3 Å². The van der Waals surface area contributed by atoms with Gasteiger partial charge in [-0.25, -0.2) is 14.8 Å². The van der Waals surface area contributed by atoms with Crippen molar-refractivity contribution in [2.45, 2.75) is 19.7 Å². The second-order valence-corrected chi connectivity index (χ2v) is 8.92. The fraction of sp³-hybridized carbons (Fsp3) is 0.273. The van der Waals surface area contributed by atoms with E-state index in [1.807, 2.05) is 0 Å². The quantitative estimate of drug-likeness (QED) is 0.337. The molecule has 0 unspecified atom stereocenters. The Bertz CT molecular complexity index is 1420. The van der Waals surface area contributed by atoms with Gasteiger partial charge < -0.3 is 25.1 Å². The number of amides is 1. The van der Waals surface area contributed by atoms with Crippen LogP contribution in [0.15, 0.2) is 36.4 Å². The number of ether oxygens (including phenoxy) is 2. The number of rotatable bonds is 8. The average Bonchev–Trinajstić information content (AvgIpc) is 3.30. The first kappa shape index (κ1) is 24.3. The third-order valence-corrected chi connectivity index (χ3v) is 5.91. The molecule has 0 spiro atoms. The summed E-state index contributed by atoms with van der Waals surface area (Å²) in [5, 5.41) is 3.48. The van der Waals surface area contributed by atoms with Crippen LogP contribution in [0.1, 0.15) is 23.7 Å². The number of aryl methyl sites for hydroxylation is 1. The van der Waals surface area contributed by atoms with Crippen molar-refractivity contribution in [2.75, 3.05) is 11.9 Å². The Morgan fingerprint density at radius 3 is 2.66 bits per heavy atom. The molecule has 0 radical (unpaired) electrons. The minimum absolute atomic E-state index is 0.0577. The fourth-order valence-electron chi connectivity index (χ4n) is 3.39. The van der Waals surface area contributed by atoms with Crippen molar-refractivity contribution >= 4 is 55.5 Å². The third-order valence-electron chi connectivity index (χ3n) is 4.98. The molecule has 2 aromatic heterocycles. The van der Waals surface area contributed by atoms with E-state index >= 15 is 0 Å². The topological polar surface area (TPSA) is 121 Å². The predicted octanol–water partition coefficient (Wildman–Crippen LogP) is 4.49. The highest BCUT2D eigenvalue weighted by Crippen LogP contribution is 2.33. The zero-order valence-electron chi connectivity index (χ0n) is 18.5. The Hall–Kier alpha value is -3.87. The van der Waals surface area contributed by atoms with E-state index in [-0.39, 0.29) is 24.7 Å². The Morgan fingerprint density at radius 1 is 1.17 bits per heavy atom. The maximum atomic E-state index is 12.5. The van der Waals surface area contributed by atoms with Gasteiger partial charge >= 0.3 is 12.3 Å². The number of halogens is 3. The van der Waals surface area contributed by atoms with Gasteiger partial charge in [0, 0.05) is 19.5 Å². The summed E-state index contributed by atoms with van der Waals surface area (Å²) in [6, 6.07) is 8.81. The van der Waals surface area contributed by atoms with Gasteiger partial charge in [0.1, 0.15) is 5.75 Å². The number of imidazole rings is 1. The summed E-state index contributed by atoms with van der Waals surface area (Å²) in [6.45, 7) is 1.81. The van der Waals surface area contributed by atoms with Crippen molar-refractivity contribution < 1.29 is 32.2 Å². The first-order chi connectivity index (χ1) is 16.5. The Balaban J connectivity index is 1.51. The average molecular weight is 507 g/mol. The van der Waals surface area contributed by atoms with E-state index in [1.54, 1.807) is 36.7 Å². The van der Waals surface area contributed by atoms with E-state index in [2.05, 4.69) is 20.0 Å². The smallest absolute Gasteiger partial charge is 0.462 e. The Kier molecular flexibility index (Phi) is 6.52. The van der Waals surface area contributed by atoms with Gasteiger partial charge in [0.05, 0.1) is 33.4 Å². The zero-order valence-corrected chi connectivity index (χ0v) is 19.4. The predicted molar refractivity (Wildman–Crippen MR) is 124 cm³/mol. The van der Waals surface area contributed by atoms with Crippen molar-refractivity contribution in [2.24, 2.45) is 18.7 Å². The third kappa shape index (κ3) is 5.80. The van der Waals surface area contributed by atoms with Gasteiger partial charge in [-0.2, -0.15) is 0 Å². The number of nitrogens with one attached hydrogen (secondary N) is 1. The van der Waals surface area contributed by atoms with Crippen LogP contribution in [-0.4, -0.2) is 39.4 Å². The summed E-state index contributed by atoms with van der Waals surface area (Å²) >= 11 is 1.14. The molecule has 4 aromatic rings. The molecule has 1 atom stereocenters. The molecule has 3 N–H and O–H groups in total. The maximum Gasteiger partial charge on any atom is 0.573 e. The van der Waals surface area contributed by atoms with Crippen LogP contribution < -0.4 is 15.8 Å². The molecule has 0 aliphatic heterocycles. The number of nitrogens with two attached hydrogens (primary N) is 1. The number of anilines is 2. The number of esters is 1. The summed E-state index contributed by atoms with van der Waals surface area (Å²) in [7, 11) is 1.77. The number of aromatic nitrogens is 3. The first-order valence-corrected chi connectivity index (χ1v) is 11.2. The van der Waals surface area contributed by atoms with Gasteiger partial charge in [-0.1, -0.05) is 18.3 Å². The molecule has 13 heteroatoms. The number of carbonyl (C=O) groups is 2. The van der Waals surface area contributed by atoms with Gasteiger partial charge in [0.15, 0.2) is 5.13 Å². The summed E-state index contributed by atoms with van der Waals surface area (Å²) in [6.07, 6.45) is -4.66. The molecule has 2 aromatic carbocycles. The van der Waals surface area contributed by atoms with Crippen LogP contribution >= 0.6 is 11.3 Å².